The highest BCUT2D eigenvalue weighted by molar-refractivity contribution is 6.60. The maximum Gasteiger partial charge on any atom is 0.500 e. The summed E-state index contributed by atoms with van der Waals surface area (Å²) in [6, 6.07) is 0.860. The van der Waals surface area contributed by atoms with Crippen LogP contribution in [-0.4, -0.2) is 48.0 Å². The first-order chi connectivity index (χ1) is 12.4. The largest absolute Gasteiger partial charge is 0.500 e. The van der Waals surface area contributed by atoms with Gasteiger partial charge >= 0.3 is 15.0 Å². The topological polar surface area (TPSA) is 36.9 Å². The molecule has 0 aromatic rings. The number of hydrogen-bond donors (Lipinski definition) is 0. The predicted molar refractivity (Wildman–Crippen MR) is 99.2 cm³/mol. The van der Waals surface area contributed by atoms with Crippen LogP contribution in [0.1, 0.15) is 72.1 Å². The minimum atomic E-state index is -4.22. The molecule has 4 nitrogen and oxygen atoms in total. The van der Waals surface area contributed by atoms with Crippen molar-refractivity contribution in [2.45, 2.75) is 84.4 Å². The molecule has 0 aromatic carbocycles. The van der Waals surface area contributed by atoms with Gasteiger partial charge in [-0.3, -0.25) is 0 Å². The van der Waals surface area contributed by atoms with Crippen LogP contribution in [0.5, 0.6) is 0 Å². The summed E-state index contributed by atoms with van der Waals surface area (Å²) in [5.41, 5.74) is 0. The monoisotopic (exact) mass is 402 g/mol. The van der Waals surface area contributed by atoms with Crippen LogP contribution in [0.3, 0.4) is 0 Å². The standard InChI is InChI=1S/C18H37F3O4Si/c1-4-23-26(24-5-2,25-6-3)16-14-12-10-8-7-9-11-13-15-22-17-18(19,20)21/h4-17H2,1-3H3. The number of unbranched alkanes of at least 4 members (excludes halogenated alkanes) is 7. The van der Waals surface area contributed by atoms with E-state index in [1.807, 2.05) is 20.8 Å². The van der Waals surface area contributed by atoms with Gasteiger partial charge in [0.1, 0.15) is 6.61 Å². The first-order valence-electron chi connectivity index (χ1n) is 9.95. The molecule has 26 heavy (non-hydrogen) atoms. The van der Waals surface area contributed by atoms with Crippen molar-refractivity contribution in [2.75, 3.05) is 33.0 Å². The lowest BCUT2D eigenvalue weighted by Gasteiger charge is -2.28. The Hall–Kier alpha value is -0.153. The highest BCUT2D eigenvalue weighted by Crippen LogP contribution is 2.21. The average molecular weight is 403 g/mol. The van der Waals surface area contributed by atoms with Gasteiger partial charge in [0.2, 0.25) is 0 Å². The molecule has 0 spiro atoms. The molecule has 0 aliphatic carbocycles. The quantitative estimate of drug-likeness (QED) is 0.217. The summed E-state index contributed by atoms with van der Waals surface area (Å²) in [6.07, 6.45) is 4.03. The maximum absolute atomic E-state index is 11.9. The van der Waals surface area contributed by atoms with Crippen LogP contribution < -0.4 is 0 Å². The maximum atomic E-state index is 11.9. The molecular weight excluding hydrogens is 365 g/mol. The lowest BCUT2D eigenvalue weighted by atomic mass is 10.1. The lowest BCUT2D eigenvalue weighted by molar-refractivity contribution is -0.174. The van der Waals surface area contributed by atoms with Gasteiger partial charge in [0.15, 0.2) is 0 Å². The molecule has 0 rings (SSSR count). The third-order valence-electron chi connectivity index (χ3n) is 3.88. The zero-order chi connectivity index (χ0) is 19.7. The zero-order valence-corrected chi connectivity index (χ0v) is 17.7. The van der Waals surface area contributed by atoms with E-state index in [0.29, 0.717) is 26.2 Å². The fourth-order valence-corrected chi connectivity index (χ4v) is 5.48. The van der Waals surface area contributed by atoms with Crippen LogP contribution in [0, 0.1) is 0 Å². The van der Waals surface area contributed by atoms with E-state index in [-0.39, 0.29) is 6.61 Å². The molecule has 0 aromatic heterocycles. The van der Waals surface area contributed by atoms with Gasteiger partial charge in [-0.15, -0.1) is 0 Å². The Morgan fingerprint density at radius 1 is 0.654 bits per heavy atom. The Morgan fingerprint density at radius 2 is 1.08 bits per heavy atom. The SMILES string of the molecule is CCO[Si](CCCCCCCCCCOCC(F)(F)F)(OCC)OCC. The van der Waals surface area contributed by atoms with Crippen LogP contribution in [-0.2, 0) is 18.0 Å². The second-order valence-electron chi connectivity index (χ2n) is 6.23. The van der Waals surface area contributed by atoms with E-state index in [0.717, 1.165) is 51.0 Å². The molecule has 0 aliphatic rings. The molecule has 158 valence electrons. The Morgan fingerprint density at radius 3 is 1.50 bits per heavy atom. The first-order valence-corrected chi connectivity index (χ1v) is 11.9. The Kier molecular flexibility index (Phi) is 15.8. The fourth-order valence-electron chi connectivity index (χ4n) is 2.80. The lowest BCUT2D eigenvalue weighted by Crippen LogP contribution is -2.45. The van der Waals surface area contributed by atoms with E-state index < -0.39 is 21.6 Å². The molecule has 0 N–H and O–H groups in total. The minimum Gasteiger partial charge on any atom is -0.374 e. The smallest absolute Gasteiger partial charge is 0.374 e. The molecule has 0 radical (unpaired) electrons. The molecule has 0 aliphatic heterocycles. The van der Waals surface area contributed by atoms with Crippen molar-refractivity contribution in [1.29, 1.82) is 0 Å². The van der Waals surface area contributed by atoms with Gasteiger partial charge in [-0.2, -0.15) is 13.2 Å². The van der Waals surface area contributed by atoms with E-state index in [1.54, 1.807) is 0 Å². The van der Waals surface area contributed by atoms with Gasteiger partial charge < -0.3 is 18.0 Å². The van der Waals surface area contributed by atoms with Crippen LogP contribution in [0.25, 0.3) is 0 Å². The summed E-state index contributed by atoms with van der Waals surface area (Å²) < 4.78 is 57.8. The van der Waals surface area contributed by atoms with Crippen molar-refractivity contribution in [2.24, 2.45) is 0 Å². The van der Waals surface area contributed by atoms with Gasteiger partial charge in [-0.1, -0.05) is 38.5 Å². The molecular formula is C18H37F3O4Si. The van der Waals surface area contributed by atoms with E-state index in [9.17, 15) is 13.2 Å². The van der Waals surface area contributed by atoms with Crippen LogP contribution in [0.2, 0.25) is 6.04 Å². The van der Waals surface area contributed by atoms with E-state index in [2.05, 4.69) is 4.74 Å². The predicted octanol–water partition coefficient (Wildman–Crippen LogP) is 5.73. The first kappa shape index (κ1) is 25.8. The van der Waals surface area contributed by atoms with Crippen molar-refractivity contribution in [3.63, 3.8) is 0 Å². The Labute approximate surface area is 158 Å². The second kappa shape index (κ2) is 15.9. The molecule has 0 amide bonds. The zero-order valence-electron chi connectivity index (χ0n) is 16.7. The number of halogens is 3. The molecule has 0 atom stereocenters. The molecule has 0 saturated heterocycles. The molecule has 8 heteroatoms. The van der Waals surface area contributed by atoms with E-state index in [1.165, 1.54) is 0 Å². The molecule has 0 fully saturated rings. The third-order valence-corrected chi connectivity index (χ3v) is 7.03. The fraction of sp³-hybridized carbons (Fsp3) is 1.00. The number of ether oxygens (including phenoxy) is 1. The van der Waals surface area contributed by atoms with E-state index >= 15 is 0 Å². The van der Waals surface area contributed by atoms with Gasteiger partial charge in [-0.05, 0) is 33.6 Å². The second-order valence-corrected chi connectivity index (χ2v) is 8.96. The number of hydrogen-bond acceptors (Lipinski definition) is 4. The van der Waals surface area contributed by atoms with Crippen LogP contribution >= 0.6 is 0 Å². The van der Waals surface area contributed by atoms with Crippen molar-refractivity contribution in [3.8, 4) is 0 Å². The van der Waals surface area contributed by atoms with Gasteiger partial charge in [-0.25, -0.2) is 0 Å². The van der Waals surface area contributed by atoms with Crippen molar-refractivity contribution in [1.82, 2.24) is 0 Å². The summed E-state index contributed by atoms with van der Waals surface area (Å²) in [6.45, 7) is 6.79. The van der Waals surface area contributed by atoms with Gasteiger partial charge in [0.25, 0.3) is 0 Å². The summed E-state index contributed by atoms with van der Waals surface area (Å²) in [4.78, 5) is 0. The number of rotatable bonds is 18. The number of alkyl halides is 3. The highest BCUT2D eigenvalue weighted by Gasteiger charge is 2.39. The van der Waals surface area contributed by atoms with Crippen LogP contribution in [0.15, 0.2) is 0 Å². The summed E-state index contributed by atoms with van der Waals surface area (Å²) in [7, 11) is -2.50. The normalized spacial score (nSPS) is 12.7. The highest BCUT2D eigenvalue weighted by atomic mass is 28.4. The van der Waals surface area contributed by atoms with Crippen LogP contribution in [0.4, 0.5) is 13.2 Å². The Bertz CT molecular complexity index is 300. The summed E-state index contributed by atoms with van der Waals surface area (Å²) in [5, 5.41) is 0. The van der Waals surface area contributed by atoms with Crippen molar-refractivity contribution >= 4 is 8.80 Å². The van der Waals surface area contributed by atoms with Gasteiger partial charge in [0, 0.05) is 32.5 Å². The van der Waals surface area contributed by atoms with Gasteiger partial charge in [0.05, 0.1) is 0 Å². The van der Waals surface area contributed by atoms with Crippen molar-refractivity contribution < 1.29 is 31.2 Å². The summed E-state index contributed by atoms with van der Waals surface area (Å²) in [5.74, 6) is 0. The Balaban J connectivity index is 3.61. The average Bonchev–Trinajstić information content (AvgIpc) is 2.55. The minimum absolute atomic E-state index is 0.193. The van der Waals surface area contributed by atoms with E-state index in [4.69, 9.17) is 13.3 Å². The molecule has 0 unspecified atom stereocenters. The van der Waals surface area contributed by atoms with Crippen molar-refractivity contribution in [3.05, 3.63) is 0 Å². The third kappa shape index (κ3) is 15.0. The molecule has 0 heterocycles. The molecule has 0 bridgehead atoms. The molecule has 0 saturated carbocycles. The summed E-state index contributed by atoms with van der Waals surface area (Å²) >= 11 is 0.